The summed E-state index contributed by atoms with van der Waals surface area (Å²) in [7, 11) is 0. The average Bonchev–Trinajstić information content (AvgIpc) is 1.20. The van der Waals surface area contributed by atoms with Crippen LogP contribution in [0.1, 0.15) is 103 Å². The van der Waals surface area contributed by atoms with Gasteiger partial charge < -0.3 is 29.4 Å². The highest BCUT2D eigenvalue weighted by atomic mass is 32.1. The standard InChI is InChI=1S/C98H82B2N6S2/c1-95(2)51-53-97(5,6)77-55-69(47-49-75(77)95)101(63-31-15-9-16-32-63)71-57-83-89-85(59-71)105(67-39-23-13-24-40-67)91-73-43-27-29-45-87(73)107-93(91)99(89)79-61-80-82(62-81(79)103(83)65-35-19-11-20-36-65)104(66-37-21-12-22-38-66)84-58-72(102(64-33-17-10-18-34-64)70-48-50-76-78(56-70)98(7,8)54-52-96(76,3)4)60-86-90(84)100(80)94-92(74-44-28-30-46-88(74)108-94)106(86)68-41-25-14-26-42-68/h9-50,55-62H,51-54H2,1-8H3. The summed E-state index contributed by atoms with van der Waals surface area (Å²) in [5.41, 5.74) is 31.5. The van der Waals surface area contributed by atoms with E-state index < -0.39 is 0 Å². The van der Waals surface area contributed by atoms with Gasteiger partial charge in [-0.05, 0) is 231 Å². The minimum atomic E-state index is -0.181. The van der Waals surface area contributed by atoms with E-state index in [1.165, 1.54) is 96.6 Å². The molecule has 0 N–H and O–H groups in total. The van der Waals surface area contributed by atoms with Gasteiger partial charge in [0, 0.05) is 109 Å². The lowest BCUT2D eigenvalue weighted by atomic mass is 9.32. The number of nitrogens with zero attached hydrogens (tertiary/aromatic N) is 6. The van der Waals surface area contributed by atoms with Crippen molar-refractivity contribution in [2.45, 2.75) is 103 Å². The van der Waals surface area contributed by atoms with Crippen LogP contribution in [-0.2, 0) is 21.7 Å². The molecule has 0 amide bonds. The third-order valence-electron chi connectivity index (χ3n) is 25.0. The molecule has 6 nitrogen and oxygen atoms in total. The Morgan fingerprint density at radius 1 is 0.269 bits per heavy atom. The molecule has 0 unspecified atom stereocenters. The maximum absolute atomic E-state index is 2.71. The molecule has 2 aromatic heterocycles. The maximum atomic E-state index is 2.71. The zero-order valence-electron chi connectivity index (χ0n) is 62.4. The van der Waals surface area contributed by atoms with E-state index in [1.807, 2.05) is 22.7 Å². The molecular formula is C98H82B2N6S2. The second-order valence-corrected chi connectivity index (χ2v) is 35.4. The van der Waals surface area contributed by atoms with Crippen molar-refractivity contribution in [2.75, 3.05) is 29.4 Å². The Kier molecular flexibility index (Phi) is 14.5. The van der Waals surface area contributed by atoms with Crippen molar-refractivity contribution in [3.05, 3.63) is 326 Å². The molecule has 0 radical (unpaired) electrons. The third kappa shape index (κ3) is 9.84. The number of hydrogen-bond donors (Lipinski definition) is 0. The predicted octanol–water partition coefficient (Wildman–Crippen LogP) is 23.9. The quantitative estimate of drug-likeness (QED) is 0.126. The Hall–Kier alpha value is -11.3. The van der Waals surface area contributed by atoms with E-state index in [4.69, 9.17) is 0 Å². The van der Waals surface area contributed by atoms with Crippen molar-refractivity contribution in [1.82, 2.24) is 0 Å². The first-order valence-electron chi connectivity index (χ1n) is 38.5. The highest BCUT2D eigenvalue weighted by Crippen LogP contribution is 2.57. The van der Waals surface area contributed by atoms with E-state index in [2.05, 4.69) is 388 Å². The summed E-state index contributed by atoms with van der Waals surface area (Å²) >= 11 is 3.93. The summed E-state index contributed by atoms with van der Waals surface area (Å²) in [5.74, 6) is 0. The fourth-order valence-corrected chi connectivity index (χ4v) is 22.1. The summed E-state index contributed by atoms with van der Waals surface area (Å²) in [6.07, 6.45) is 4.54. The lowest BCUT2D eigenvalue weighted by Gasteiger charge is -2.47. The SMILES string of the molecule is CC1(C)CCC(C)(C)c2cc(N(c3ccccc3)c3cc4c5c(c3)N(c3ccccc3)c3c(sc6ccccc36)B5c3cc5c(cc3N4c3ccccc3)N(c3ccccc3)c3cc(N(c4ccccc4)c4ccc6c(c4)C(C)(C)CCC6(C)C)cc4c3B5c3sc5ccccc5c3N4c3ccccc3)ccc21. The molecule has 6 aliphatic rings. The molecule has 10 heteroatoms. The zero-order valence-corrected chi connectivity index (χ0v) is 64.0. The van der Waals surface area contributed by atoms with Gasteiger partial charge in [0.15, 0.2) is 0 Å². The Balaban J connectivity index is 0.885. The van der Waals surface area contributed by atoms with Crippen LogP contribution in [0.4, 0.5) is 102 Å². The van der Waals surface area contributed by atoms with E-state index in [-0.39, 0.29) is 35.1 Å². The second-order valence-electron chi connectivity index (χ2n) is 33.3. The number of fused-ring (bicyclic) bond motifs is 14. The summed E-state index contributed by atoms with van der Waals surface area (Å²) < 4.78 is 5.23. The minimum absolute atomic E-state index is 0.0156. The first-order chi connectivity index (χ1) is 52.6. The van der Waals surface area contributed by atoms with Crippen LogP contribution < -0.4 is 60.8 Å². The van der Waals surface area contributed by atoms with Crippen LogP contribution in [0.2, 0.25) is 0 Å². The minimum Gasteiger partial charge on any atom is -0.311 e. The molecule has 0 fully saturated rings. The van der Waals surface area contributed by atoms with Gasteiger partial charge in [0.2, 0.25) is 0 Å². The number of thiophene rings is 2. The molecule has 6 heterocycles. The summed E-state index contributed by atoms with van der Waals surface area (Å²) in [4.78, 5) is 15.7. The molecule has 2 aliphatic carbocycles. The number of anilines is 18. The molecule has 4 aliphatic heterocycles. The first kappa shape index (κ1) is 65.0. The van der Waals surface area contributed by atoms with Crippen molar-refractivity contribution >= 4 is 190 Å². The highest BCUT2D eigenvalue weighted by molar-refractivity contribution is 7.35. The molecule has 0 saturated carbocycles. The Morgan fingerprint density at radius 2 is 0.574 bits per heavy atom. The smallest absolute Gasteiger partial charge is 0.264 e. The van der Waals surface area contributed by atoms with Gasteiger partial charge in [0.25, 0.3) is 13.4 Å². The molecule has 0 bridgehead atoms. The van der Waals surface area contributed by atoms with Crippen molar-refractivity contribution in [3.63, 3.8) is 0 Å². The summed E-state index contributed by atoms with van der Waals surface area (Å²) in [6.45, 7) is 19.2. The first-order valence-corrected chi connectivity index (χ1v) is 40.2. The molecule has 522 valence electrons. The van der Waals surface area contributed by atoms with Crippen LogP contribution in [0.5, 0.6) is 0 Å². The normalized spacial score (nSPS) is 16.2. The van der Waals surface area contributed by atoms with Gasteiger partial charge >= 0.3 is 0 Å². The van der Waals surface area contributed by atoms with Crippen LogP contribution >= 0.6 is 22.7 Å². The van der Waals surface area contributed by atoms with Gasteiger partial charge in [-0.1, -0.05) is 219 Å². The van der Waals surface area contributed by atoms with Crippen LogP contribution in [0.3, 0.4) is 0 Å². The maximum Gasteiger partial charge on any atom is 0.264 e. The molecule has 15 aromatic rings. The van der Waals surface area contributed by atoms with Crippen molar-refractivity contribution in [3.8, 4) is 0 Å². The van der Waals surface area contributed by atoms with Crippen LogP contribution in [0.15, 0.2) is 303 Å². The van der Waals surface area contributed by atoms with Gasteiger partial charge in [-0.25, -0.2) is 0 Å². The van der Waals surface area contributed by atoms with Crippen molar-refractivity contribution in [2.24, 2.45) is 0 Å². The van der Waals surface area contributed by atoms with Gasteiger partial charge in [-0.15, -0.1) is 22.7 Å². The van der Waals surface area contributed by atoms with E-state index in [0.29, 0.717) is 0 Å². The average molecular weight is 1430 g/mol. The molecule has 0 atom stereocenters. The lowest BCUT2D eigenvalue weighted by molar-refractivity contribution is 0.332. The molecule has 21 rings (SSSR count). The fraction of sp³-hybridized carbons (Fsp3) is 0.163. The Morgan fingerprint density at radius 3 is 0.935 bits per heavy atom. The monoisotopic (exact) mass is 1430 g/mol. The Bertz CT molecular complexity index is 5760. The Labute approximate surface area is 643 Å². The second kappa shape index (κ2) is 24.1. The third-order valence-corrected chi connectivity index (χ3v) is 27.5. The van der Waals surface area contributed by atoms with E-state index in [9.17, 15) is 0 Å². The molecule has 0 saturated heterocycles. The number of benzene rings is 13. The number of rotatable bonds is 10. The predicted molar refractivity (Wildman–Crippen MR) is 465 cm³/mol. The van der Waals surface area contributed by atoms with E-state index in [0.717, 1.165) is 105 Å². The van der Waals surface area contributed by atoms with Gasteiger partial charge in [-0.3, -0.25) is 0 Å². The lowest BCUT2D eigenvalue weighted by Crippen LogP contribution is -2.64. The number of para-hydroxylation sites is 6. The topological polar surface area (TPSA) is 19.4 Å². The van der Waals surface area contributed by atoms with Crippen molar-refractivity contribution < 1.29 is 0 Å². The number of hydrogen-bond acceptors (Lipinski definition) is 8. The van der Waals surface area contributed by atoms with Gasteiger partial charge in [0.05, 0.1) is 22.7 Å². The van der Waals surface area contributed by atoms with E-state index in [1.54, 1.807) is 0 Å². The highest BCUT2D eigenvalue weighted by Gasteiger charge is 2.51. The zero-order chi connectivity index (χ0) is 72.7. The van der Waals surface area contributed by atoms with Gasteiger partial charge in [-0.2, -0.15) is 0 Å². The van der Waals surface area contributed by atoms with Crippen molar-refractivity contribution in [1.29, 1.82) is 0 Å². The van der Waals surface area contributed by atoms with E-state index >= 15 is 0 Å². The van der Waals surface area contributed by atoms with Crippen LogP contribution in [0, 0.1) is 0 Å². The molecule has 13 aromatic carbocycles. The summed E-state index contributed by atoms with van der Waals surface area (Å²) in [5, 5.41) is 2.51. The fourth-order valence-electron chi connectivity index (χ4n) is 19.5. The summed E-state index contributed by atoms with van der Waals surface area (Å²) in [6, 6.07) is 116. The molecule has 0 spiro atoms. The molecular weight excluding hydrogens is 1350 g/mol. The largest absolute Gasteiger partial charge is 0.311 e. The molecule has 108 heavy (non-hydrogen) atoms. The van der Waals surface area contributed by atoms with Crippen LogP contribution in [0.25, 0.3) is 20.2 Å². The van der Waals surface area contributed by atoms with Gasteiger partial charge in [0.1, 0.15) is 0 Å². The van der Waals surface area contributed by atoms with Crippen LogP contribution in [-0.4, -0.2) is 13.4 Å².